The highest BCUT2D eigenvalue weighted by atomic mass is 79.9. The number of nitrogens with two attached hydrogens (primary N) is 1. The molecule has 18 heavy (non-hydrogen) atoms. The summed E-state index contributed by atoms with van der Waals surface area (Å²) in [5, 5.41) is 10.1. The molecule has 3 N–H and O–H groups in total. The van der Waals surface area contributed by atoms with Crippen LogP contribution in [0.25, 0.3) is 0 Å². The van der Waals surface area contributed by atoms with Crippen LogP contribution in [0.4, 0.5) is 0 Å². The van der Waals surface area contributed by atoms with Gasteiger partial charge in [0, 0.05) is 4.47 Å². The lowest BCUT2D eigenvalue weighted by atomic mass is 9.95. The molecule has 0 bridgehead atoms. The predicted molar refractivity (Wildman–Crippen MR) is 83.1 cm³/mol. The first kappa shape index (κ1) is 17.9. The van der Waals surface area contributed by atoms with E-state index >= 15 is 0 Å². The average Bonchev–Trinajstić information content (AvgIpc) is 2.25. The maximum Gasteiger partial charge on any atom is 0.0733 e. The maximum absolute atomic E-state index is 10.1. The van der Waals surface area contributed by atoms with Crippen molar-refractivity contribution in [1.29, 1.82) is 0 Å². The van der Waals surface area contributed by atoms with Crippen molar-refractivity contribution >= 4 is 28.3 Å². The highest BCUT2D eigenvalue weighted by molar-refractivity contribution is 9.10. The number of hydrogen-bond acceptors (Lipinski definition) is 2. The van der Waals surface area contributed by atoms with Crippen molar-refractivity contribution in [2.45, 2.75) is 45.8 Å². The Labute approximate surface area is 125 Å². The molecule has 1 aromatic carbocycles. The number of aliphatic hydroxyl groups is 1. The smallest absolute Gasteiger partial charge is 0.0733 e. The van der Waals surface area contributed by atoms with Crippen LogP contribution < -0.4 is 5.73 Å². The number of rotatable bonds is 5. The molecule has 2 nitrogen and oxygen atoms in total. The van der Waals surface area contributed by atoms with E-state index in [0.717, 1.165) is 22.9 Å². The third kappa shape index (κ3) is 5.27. The summed E-state index contributed by atoms with van der Waals surface area (Å²) in [4.78, 5) is 0. The lowest BCUT2D eigenvalue weighted by molar-refractivity contribution is 0.128. The minimum absolute atomic E-state index is 0. The Morgan fingerprint density at radius 3 is 2.39 bits per heavy atom. The first-order chi connectivity index (χ1) is 7.91. The standard InChI is InChI=1S/C14H22BrNO.ClH/c1-9(2)4-7-13(17)14(16)11-6-5-10(3)8-12(11)15;/h5-6,8-9,13-14,17H,4,7,16H2,1-3H3;1H/t13-,14+;/m1./s1. The Kier molecular flexibility index (Phi) is 8.11. The van der Waals surface area contributed by atoms with Gasteiger partial charge in [-0.3, -0.25) is 0 Å². The van der Waals surface area contributed by atoms with E-state index in [1.165, 1.54) is 5.56 Å². The monoisotopic (exact) mass is 335 g/mol. The van der Waals surface area contributed by atoms with E-state index in [1.807, 2.05) is 25.1 Å². The second kappa shape index (κ2) is 8.16. The molecule has 104 valence electrons. The van der Waals surface area contributed by atoms with Gasteiger partial charge in [-0.15, -0.1) is 12.4 Å². The zero-order valence-electron chi connectivity index (χ0n) is 11.2. The number of halogens is 2. The molecule has 0 aliphatic carbocycles. The zero-order chi connectivity index (χ0) is 13.0. The van der Waals surface area contributed by atoms with E-state index in [1.54, 1.807) is 0 Å². The van der Waals surface area contributed by atoms with Crippen LogP contribution in [-0.2, 0) is 0 Å². The van der Waals surface area contributed by atoms with Crippen molar-refractivity contribution in [3.63, 3.8) is 0 Å². The molecule has 0 unspecified atom stereocenters. The van der Waals surface area contributed by atoms with Gasteiger partial charge in [0.2, 0.25) is 0 Å². The predicted octanol–water partition coefficient (Wildman–Crippen LogP) is 3.98. The number of benzene rings is 1. The van der Waals surface area contributed by atoms with Crippen molar-refractivity contribution in [1.82, 2.24) is 0 Å². The molecule has 0 amide bonds. The van der Waals surface area contributed by atoms with E-state index in [0.29, 0.717) is 5.92 Å². The van der Waals surface area contributed by atoms with Crippen LogP contribution in [0, 0.1) is 12.8 Å². The summed E-state index contributed by atoms with van der Waals surface area (Å²) in [5.41, 5.74) is 8.26. The van der Waals surface area contributed by atoms with Gasteiger partial charge in [-0.2, -0.15) is 0 Å². The van der Waals surface area contributed by atoms with Crippen LogP contribution in [0.1, 0.15) is 43.9 Å². The summed E-state index contributed by atoms with van der Waals surface area (Å²) < 4.78 is 0.980. The van der Waals surface area contributed by atoms with E-state index in [2.05, 4.69) is 29.8 Å². The molecule has 0 spiro atoms. The molecule has 1 aromatic rings. The Bertz CT molecular complexity index is 371. The van der Waals surface area contributed by atoms with Gasteiger partial charge in [-0.25, -0.2) is 0 Å². The Balaban J connectivity index is 0.00000289. The van der Waals surface area contributed by atoms with E-state index in [4.69, 9.17) is 5.73 Å². The molecular formula is C14H23BrClNO. The minimum atomic E-state index is -0.476. The maximum atomic E-state index is 10.1. The van der Waals surface area contributed by atoms with Gasteiger partial charge in [0.15, 0.2) is 0 Å². The van der Waals surface area contributed by atoms with Gasteiger partial charge in [-0.05, 0) is 42.9 Å². The number of hydrogen-bond donors (Lipinski definition) is 2. The fraction of sp³-hybridized carbons (Fsp3) is 0.571. The van der Waals surface area contributed by atoms with Gasteiger partial charge < -0.3 is 10.8 Å². The molecule has 0 radical (unpaired) electrons. The van der Waals surface area contributed by atoms with Crippen LogP contribution in [0.2, 0.25) is 0 Å². The molecule has 0 aliphatic heterocycles. The molecule has 0 aromatic heterocycles. The third-order valence-electron chi connectivity index (χ3n) is 2.97. The highest BCUT2D eigenvalue weighted by Gasteiger charge is 2.19. The Morgan fingerprint density at radius 1 is 1.28 bits per heavy atom. The highest BCUT2D eigenvalue weighted by Crippen LogP contribution is 2.27. The van der Waals surface area contributed by atoms with E-state index in [9.17, 15) is 5.11 Å². The second-order valence-electron chi connectivity index (χ2n) is 5.09. The topological polar surface area (TPSA) is 46.2 Å². The average molecular weight is 337 g/mol. The van der Waals surface area contributed by atoms with Crippen LogP contribution in [0.5, 0.6) is 0 Å². The summed E-state index contributed by atoms with van der Waals surface area (Å²) in [6.45, 7) is 6.34. The van der Waals surface area contributed by atoms with Crippen molar-refractivity contribution in [2.24, 2.45) is 11.7 Å². The molecule has 4 heteroatoms. The van der Waals surface area contributed by atoms with Gasteiger partial charge in [0.1, 0.15) is 0 Å². The molecule has 0 saturated carbocycles. The fourth-order valence-corrected chi connectivity index (χ4v) is 2.55. The van der Waals surface area contributed by atoms with Crippen LogP contribution >= 0.6 is 28.3 Å². The van der Waals surface area contributed by atoms with Crippen LogP contribution in [-0.4, -0.2) is 11.2 Å². The lowest BCUT2D eigenvalue weighted by Gasteiger charge is -2.21. The summed E-state index contributed by atoms with van der Waals surface area (Å²) >= 11 is 3.50. The first-order valence-electron chi connectivity index (χ1n) is 6.11. The van der Waals surface area contributed by atoms with Gasteiger partial charge in [-0.1, -0.05) is 41.9 Å². The largest absolute Gasteiger partial charge is 0.391 e. The molecule has 0 aliphatic rings. The van der Waals surface area contributed by atoms with Crippen molar-refractivity contribution in [2.75, 3.05) is 0 Å². The third-order valence-corrected chi connectivity index (χ3v) is 3.66. The first-order valence-corrected chi connectivity index (χ1v) is 6.90. The Morgan fingerprint density at radius 2 is 1.89 bits per heavy atom. The van der Waals surface area contributed by atoms with Crippen molar-refractivity contribution < 1.29 is 5.11 Å². The molecule has 1 rings (SSSR count). The fourth-order valence-electron chi connectivity index (χ4n) is 1.79. The summed E-state index contributed by atoms with van der Waals surface area (Å²) in [7, 11) is 0. The second-order valence-corrected chi connectivity index (χ2v) is 5.94. The summed E-state index contributed by atoms with van der Waals surface area (Å²) in [6, 6.07) is 5.73. The van der Waals surface area contributed by atoms with E-state index in [-0.39, 0.29) is 18.4 Å². The van der Waals surface area contributed by atoms with Crippen LogP contribution in [0.3, 0.4) is 0 Å². The van der Waals surface area contributed by atoms with Crippen molar-refractivity contribution in [3.8, 4) is 0 Å². The Hall–Kier alpha value is -0.0900. The normalized spacial score (nSPS) is 14.2. The van der Waals surface area contributed by atoms with Gasteiger partial charge in [0.25, 0.3) is 0 Å². The molecular weight excluding hydrogens is 314 g/mol. The number of aliphatic hydroxyl groups excluding tert-OH is 1. The molecule has 2 atom stereocenters. The summed E-state index contributed by atoms with van der Waals surface area (Å²) in [5.74, 6) is 0.596. The van der Waals surface area contributed by atoms with Crippen LogP contribution in [0.15, 0.2) is 22.7 Å². The van der Waals surface area contributed by atoms with Gasteiger partial charge in [0.05, 0.1) is 12.1 Å². The van der Waals surface area contributed by atoms with E-state index < -0.39 is 6.10 Å². The lowest BCUT2D eigenvalue weighted by Crippen LogP contribution is -2.26. The quantitative estimate of drug-likeness (QED) is 0.854. The SMILES string of the molecule is Cc1ccc([C@H](N)[C@H](O)CCC(C)C)c(Br)c1.Cl. The summed E-state index contributed by atoms with van der Waals surface area (Å²) in [6.07, 6.45) is 1.27. The zero-order valence-corrected chi connectivity index (χ0v) is 13.6. The van der Waals surface area contributed by atoms with Crippen molar-refractivity contribution in [3.05, 3.63) is 33.8 Å². The van der Waals surface area contributed by atoms with Gasteiger partial charge >= 0.3 is 0 Å². The minimum Gasteiger partial charge on any atom is -0.391 e. The molecule has 0 fully saturated rings. The molecule has 0 heterocycles. The molecule has 0 saturated heterocycles. The number of aryl methyl sites for hydroxylation is 1.